The zero-order chi connectivity index (χ0) is 12.6. The van der Waals surface area contributed by atoms with E-state index in [9.17, 15) is 13.2 Å². The Morgan fingerprint density at radius 3 is 2.88 bits per heavy atom. The van der Waals surface area contributed by atoms with Gasteiger partial charge >= 0.3 is 5.97 Å². The number of fused-ring (bicyclic) bond motifs is 1. The summed E-state index contributed by atoms with van der Waals surface area (Å²) in [4.78, 5) is 14.8. The molecule has 94 valence electrons. The van der Waals surface area contributed by atoms with Crippen molar-refractivity contribution in [2.45, 2.75) is 25.3 Å². The van der Waals surface area contributed by atoms with Crippen LogP contribution in [0.3, 0.4) is 0 Å². The van der Waals surface area contributed by atoms with Gasteiger partial charge in [0.15, 0.2) is 5.25 Å². The number of carboxylic acid groups (broad SMARTS) is 1. The lowest BCUT2D eigenvalue weighted by Crippen LogP contribution is -2.44. The molecule has 0 radical (unpaired) electrons. The standard InChI is InChI=1S/C9H13N3O4S/c1-7(9(13)14)17(15,16)12-5-4-11-3-2-10-8(11)6-12/h2-3,7H,4-6H2,1H3,(H,13,14). The number of nitrogens with zero attached hydrogens (tertiary/aromatic N) is 3. The maximum absolute atomic E-state index is 12.0. The van der Waals surface area contributed by atoms with E-state index in [1.807, 2.05) is 4.57 Å². The fourth-order valence-corrected chi connectivity index (χ4v) is 3.05. The van der Waals surface area contributed by atoms with Crippen LogP contribution in [-0.4, -0.2) is 45.1 Å². The molecule has 0 spiro atoms. The number of aromatic nitrogens is 2. The normalized spacial score (nSPS) is 18.6. The molecule has 0 saturated carbocycles. The topological polar surface area (TPSA) is 92.5 Å². The summed E-state index contributed by atoms with van der Waals surface area (Å²) in [6, 6.07) is 0. The SMILES string of the molecule is CC(C(=O)O)S(=O)(=O)N1CCn2ccnc2C1. The molecule has 0 saturated heterocycles. The molecule has 1 N–H and O–H groups in total. The number of hydrogen-bond donors (Lipinski definition) is 1. The van der Waals surface area contributed by atoms with Gasteiger partial charge in [-0.15, -0.1) is 0 Å². The smallest absolute Gasteiger partial charge is 0.323 e. The van der Waals surface area contributed by atoms with Crippen LogP contribution in [0.5, 0.6) is 0 Å². The van der Waals surface area contributed by atoms with Crippen LogP contribution in [-0.2, 0) is 27.9 Å². The second-order valence-electron chi connectivity index (χ2n) is 3.90. The molecule has 0 aromatic carbocycles. The third-order valence-electron chi connectivity index (χ3n) is 2.86. The van der Waals surface area contributed by atoms with Crippen LogP contribution in [0.15, 0.2) is 12.4 Å². The number of aliphatic carboxylic acids is 1. The number of carbonyl (C=O) groups is 1. The van der Waals surface area contributed by atoms with Gasteiger partial charge in [-0.05, 0) is 6.92 Å². The highest BCUT2D eigenvalue weighted by Crippen LogP contribution is 2.17. The zero-order valence-corrected chi connectivity index (χ0v) is 10.1. The van der Waals surface area contributed by atoms with E-state index in [4.69, 9.17) is 5.11 Å². The minimum Gasteiger partial charge on any atom is -0.480 e. The molecule has 17 heavy (non-hydrogen) atoms. The van der Waals surface area contributed by atoms with Crippen molar-refractivity contribution in [3.05, 3.63) is 18.2 Å². The van der Waals surface area contributed by atoms with Crippen molar-refractivity contribution in [2.24, 2.45) is 0 Å². The molecule has 7 nitrogen and oxygen atoms in total. The Morgan fingerprint density at radius 1 is 1.53 bits per heavy atom. The molecule has 2 rings (SSSR count). The Labute approximate surface area is 98.7 Å². The number of hydrogen-bond acceptors (Lipinski definition) is 4. The van der Waals surface area contributed by atoms with Crippen LogP contribution in [0.4, 0.5) is 0 Å². The first-order valence-corrected chi connectivity index (χ1v) is 6.65. The van der Waals surface area contributed by atoms with Crippen molar-refractivity contribution in [3.63, 3.8) is 0 Å². The van der Waals surface area contributed by atoms with Gasteiger partial charge in [0.1, 0.15) is 5.82 Å². The van der Waals surface area contributed by atoms with Crippen LogP contribution in [0, 0.1) is 0 Å². The van der Waals surface area contributed by atoms with Gasteiger partial charge < -0.3 is 9.67 Å². The van der Waals surface area contributed by atoms with Gasteiger partial charge in [0.25, 0.3) is 0 Å². The molecule has 1 aromatic heterocycles. The number of sulfonamides is 1. The van der Waals surface area contributed by atoms with E-state index in [0.29, 0.717) is 12.4 Å². The molecule has 0 aliphatic carbocycles. The summed E-state index contributed by atoms with van der Waals surface area (Å²) < 4.78 is 27.0. The van der Waals surface area contributed by atoms with Crippen LogP contribution >= 0.6 is 0 Å². The molecular weight excluding hydrogens is 246 g/mol. The molecule has 0 amide bonds. The number of imidazole rings is 1. The van der Waals surface area contributed by atoms with E-state index in [1.165, 1.54) is 11.2 Å². The predicted molar refractivity (Wildman–Crippen MR) is 58.7 cm³/mol. The van der Waals surface area contributed by atoms with Crippen molar-refractivity contribution in [1.82, 2.24) is 13.9 Å². The van der Waals surface area contributed by atoms with Crippen LogP contribution in [0.1, 0.15) is 12.7 Å². The quantitative estimate of drug-likeness (QED) is 0.790. The third-order valence-corrected chi connectivity index (χ3v) is 4.99. The highest BCUT2D eigenvalue weighted by Gasteiger charge is 2.35. The van der Waals surface area contributed by atoms with E-state index in [-0.39, 0.29) is 13.1 Å². The van der Waals surface area contributed by atoms with Crippen LogP contribution < -0.4 is 0 Å². The molecule has 1 aliphatic rings. The van der Waals surface area contributed by atoms with Gasteiger partial charge in [-0.3, -0.25) is 4.79 Å². The van der Waals surface area contributed by atoms with Crippen LogP contribution in [0.25, 0.3) is 0 Å². The maximum Gasteiger partial charge on any atom is 0.323 e. The Hall–Kier alpha value is -1.41. The van der Waals surface area contributed by atoms with E-state index in [0.717, 1.165) is 0 Å². The summed E-state index contributed by atoms with van der Waals surface area (Å²) in [6.45, 7) is 2.09. The monoisotopic (exact) mass is 259 g/mol. The third kappa shape index (κ3) is 2.05. The molecule has 0 bridgehead atoms. The zero-order valence-electron chi connectivity index (χ0n) is 9.28. The summed E-state index contributed by atoms with van der Waals surface area (Å²) >= 11 is 0. The van der Waals surface area contributed by atoms with Gasteiger partial charge in [0.05, 0.1) is 6.54 Å². The van der Waals surface area contributed by atoms with E-state index in [2.05, 4.69) is 4.98 Å². The van der Waals surface area contributed by atoms with Gasteiger partial charge in [0, 0.05) is 25.5 Å². The minimum absolute atomic E-state index is 0.132. The first-order chi connectivity index (χ1) is 7.93. The molecule has 8 heteroatoms. The second-order valence-corrected chi connectivity index (χ2v) is 6.15. The molecular formula is C9H13N3O4S. The van der Waals surface area contributed by atoms with E-state index < -0.39 is 21.2 Å². The number of carboxylic acids is 1. The predicted octanol–water partition coefficient (Wildman–Crippen LogP) is -0.498. The molecule has 1 atom stereocenters. The summed E-state index contributed by atoms with van der Waals surface area (Å²) in [7, 11) is -3.80. The average molecular weight is 259 g/mol. The lowest BCUT2D eigenvalue weighted by molar-refractivity contribution is -0.136. The van der Waals surface area contributed by atoms with Crippen molar-refractivity contribution in [3.8, 4) is 0 Å². The van der Waals surface area contributed by atoms with Gasteiger partial charge in [0.2, 0.25) is 10.0 Å². The molecule has 2 heterocycles. The Kier molecular flexibility index (Phi) is 2.92. The summed E-state index contributed by atoms with van der Waals surface area (Å²) in [6.07, 6.45) is 3.38. The summed E-state index contributed by atoms with van der Waals surface area (Å²) in [5, 5.41) is 7.35. The lowest BCUT2D eigenvalue weighted by Gasteiger charge is -2.28. The molecule has 0 fully saturated rings. The van der Waals surface area contributed by atoms with Gasteiger partial charge in [-0.1, -0.05) is 0 Å². The number of rotatable bonds is 3. The summed E-state index contributed by atoms with van der Waals surface area (Å²) in [5.74, 6) is -0.698. The van der Waals surface area contributed by atoms with Crippen molar-refractivity contribution >= 4 is 16.0 Å². The van der Waals surface area contributed by atoms with Crippen LogP contribution in [0.2, 0.25) is 0 Å². The first kappa shape index (κ1) is 12.1. The minimum atomic E-state index is -3.80. The second kappa shape index (κ2) is 4.11. The lowest BCUT2D eigenvalue weighted by atomic mass is 10.4. The maximum atomic E-state index is 12.0. The van der Waals surface area contributed by atoms with Gasteiger partial charge in [-0.25, -0.2) is 13.4 Å². The highest BCUT2D eigenvalue weighted by atomic mass is 32.2. The molecule has 1 unspecified atom stereocenters. The Bertz CT molecular complexity index is 536. The Balaban J connectivity index is 2.24. The fourth-order valence-electron chi connectivity index (χ4n) is 1.72. The first-order valence-electron chi connectivity index (χ1n) is 5.14. The average Bonchev–Trinajstić information content (AvgIpc) is 2.74. The van der Waals surface area contributed by atoms with Crippen molar-refractivity contribution in [2.75, 3.05) is 6.54 Å². The molecule has 1 aliphatic heterocycles. The highest BCUT2D eigenvalue weighted by molar-refractivity contribution is 7.90. The van der Waals surface area contributed by atoms with E-state index >= 15 is 0 Å². The largest absolute Gasteiger partial charge is 0.480 e. The van der Waals surface area contributed by atoms with Crippen molar-refractivity contribution < 1.29 is 18.3 Å². The molecule has 1 aromatic rings. The fraction of sp³-hybridized carbons (Fsp3) is 0.556. The van der Waals surface area contributed by atoms with E-state index in [1.54, 1.807) is 12.4 Å². The Morgan fingerprint density at radius 2 is 2.24 bits per heavy atom. The van der Waals surface area contributed by atoms with Gasteiger partial charge in [-0.2, -0.15) is 4.31 Å². The summed E-state index contributed by atoms with van der Waals surface area (Å²) in [5.41, 5.74) is 0. The van der Waals surface area contributed by atoms with Crippen molar-refractivity contribution in [1.29, 1.82) is 0 Å².